The zero-order valence-electron chi connectivity index (χ0n) is 18.8. The normalized spacial score (nSPS) is 16.2. The molecule has 1 aliphatic heterocycles. The lowest BCUT2D eigenvalue weighted by atomic mass is 9.94. The van der Waals surface area contributed by atoms with Gasteiger partial charge in [-0.25, -0.2) is 0 Å². The van der Waals surface area contributed by atoms with Crippen molar-refractivity contribution in [3.05, 3.63) is 53.6 Å². The number of fused-ring (bicyclic) bond motifs is 1. The largest absolute Gasteiger partial charge is 0.490 e. The topological polar surface area (TPSA) is 67.9 Å². The molecule has 0 bridgehead atoms. The number of hydrogen-bond acceptors (Lipinski definition) is 4. The first kappa shape index (κ1) is 22.2. The molecule has 1 fully saturated rings. The second-order valence-corrected chi connectivity index (χ2v) is 8.66. The first-order valence-electron chi connectivity index (χ1n) is 11.7. The van der Waals surface area contributed by atoms with Gasteiger partial charge in [0.2, 0.25) is 5.91 Å². The Morgan fingerprint density at radius 3 is 2.41 bits per heavy atom. The van der Waals surface area contributed by atoms with Crippen molar-refractivity contribution < 1.29 is 19.1 Å². The maximum Gasteiger partial charge on any atom is 0.253 e. The maximum absolute atomic E-state index is 12.8. The van der Waals surface area contributed by atoms with Gasteiger partial charge in [0.25, 0.3) is 5.91 Å². The van der Waals surface area contributed by atoms with Crippen molar-refractivity contribution in [3.63, 3.8) is 0 Å². The van der Waals surface area contributed by atoms with Gasteiger partial charge in [-0.3, -0.25) is 9.59 Å². The quantitative estimate of drug-likeness (QED) is 0.705. The highest BCUT2D eigenvalue weighted by atomic mass is 16.5. The van der Waals surface area contributed by atoms with Crippen LogP contribution in [0.2, 0.25) is 0 Å². The van der Waals surface area contributed by atoms with Gasteiger partial charge in [-0.15, -0.1) is 0 Å². The molecule has 0 radical (unpaired) electrons. The average molecular weight is 437 g/mol. The third kappa shape index (κ3) is 5.61. The summed E-state index contributed by atoms with van der Waals surface area (Å²) >= 11 is 0. The Hall–Kier alpha value is -3.02. The number of nitrogens with zero attached hydrogens (tertiary/aromatic N) is 1. The van der Waals surface area contributed by atoms with Gasteiger partial charge in [-0.1, -0.05) is 25.3 Å². The highest BCUT2D eigenvalue weighted by molar-refractivity contribution is 5.96. The molecule has 32 heavy (non-hydrogen) atoms. The lowest BCUT2D eigenvalue weighted by Gasteiger charge is -2.31. The number of rotatable bonds is 6. The van der Waals surface area contributed by atoms with E-state index in [1.54, 1.807) is 24.3 Å². The Morgan fingerprint density at radius 2 is 1.66 bits per heavy atom. The molecular weight excluding hydrogens is 404 g/mol. The van der Waals surface area contributed by atoms with Crippen LogP contribution in [0.3, 0.4) is 0 Å². The van der Waals surface area contributed by atoms with Gasteiger partial charge >= 0.3 is 0 Å². The van der Waals surface area contributed by atoms with Crippen molar-refractivity contribution in [1.82, 2.24) is 4.90 Å². The number of amides is 2. The van der Waals surface area contributed by atoms with Gasteiger partial charge < -0.3 is 19.7 Å². The van der Waals surface area contributed by atoms with Crippen molar-refractivity contribution in [3.8, 4) is 11.5 Å². The fourth-order valence-electron chi connectivity index (χ4n) is 4.38. The number of nitrogens with one attached hydrogen (secondary N) is 1. The number of benzene rings is 2. The smallest absolute Gasteiger partial charge is 0.253 e. The third-order valence-corrected chi connectivity index (χ3v) is 6.31. The lowest BCUT2D eigenvalue weighted by molar-refractivity contribution is -0.116. The molecule has 1 heterocycles. The molecule has 2 aromatic carbocycles. The predicted molar refractivity (Wildman–Crippen MR) is 124 cm³/mol. The van der Waals surface area contributed by atoms with Crippen molar-refractivity contribution in [1.29, 1.82) is 0 Å². The number of aryl methyl sites for hydroxylation is 1. The van der Waals surface area contributed by atoms with E-state index in [1.165, 1.54) is 19.3 Å². The van der Waals surface area contributed by atoms with Gasteiger partial charge in [0.05, 0.1) is 13.2 Å². The van der Waals surface area contributed by atoms with Crippen LogP contribution in [0, 0.1) is 0 Å². The van der Waals surface area contributed by atoms with Crippen molar-refractivity contribution in [2.45, 2.75) is 57.4 Å². The zero-order chi connectivity index (χ0) is 22.3. The van der Waals surface area contributed by atoms with Crippen LogP contribution in [0.15, 0.2) is 42.5 Å². The summed E-state index contributed by atoms with van der Waals surface area (Å²) in [7, 11) is 1.90. The molecule has 170 valence electrons. The molecule has 2 aliphatic rings. The van der Waals surface area contributed by atoms with E-state index in [9.17, 15) is 9.59 Å². The molecule has 1 N–H and O–H groups in total. The number of carbonyl (C=O) groups excluding carboxylic acids is 2. The van der Waals surface area contributed by atoms with Crippen molar-refractivity contribution in [2.75, 3.05) is 25.6 Å². The highest BCUT2D eigenvalue weighted by Gasteiger charge is 2.23. The van der Waals surface area contributed by atoms with E-state index in [1.807, 2.05) is 30.1 Å². The van der Waals surface area contributed by atoms with Gasteiger partial charge in [0, 0.05) is 37.2 Å². The van der Waals surface area contributed by atoms with Gasteiger partial charge in [0.1, 0.15) is 0 Å². The minimum absolute atomic E-state index is 0.0455. The molecule has 4 rings (SSSR count). The monoisotopic (exact) mass is 436 g/mol. The Kier molecular flexibility index (Phi) is 7.30. The third-order valence-electron chi connectivity index (χ3n) is 6.31. The summed E-state index contributed by atoms with van der Waals surface area (Å²) in [5.41, 5.74) is 2.39. The molecule has 0 atom stereocenters. The van der Waals surface area contributed by atoms with Gasteiger partial charge in [-0.2, -0.15) is 0 Å². The Labute approximate surface area is 189 Å². The van der Waals surface area contributed by atoms with Gasteiger partial charge in [0.15, 0.2) is 11.5 Å². The van der Waals surface area contributed by atoms with Crippen LogP contribution in [-0.4, -0.2) is 43.0 Å². The predicted octanol–water partition coefficient (Wildman–Crippen LogP) is 4.82. The standard InChI is InChI=1S/C26H32N2O4/c1-28(22-6-3-2-4-7-22)26(30)20-10-12-21(13-11-20)27-25(29)15-9-19-8-14-23-24(18-19)32-17-5-16-31-23/h8,10-14,18,22H,2-7,9,15-17H2,1H3,(H,27,29). The Morgan fingerprint density at radius 1 is 0.938 bits per heavy atom. The second kappa shape index (κ2) is 10.5. The van der Waals surface area contributed by atoms with E-state index < -0.39 is 0 Å². The van der Waals surface area contributed by atoms with E-state index >= 15 is 0 Å². The molecule has 1 saturated carbocycles. The van der Waals surface area contributed by atoms with Crippen LogP contribution in [0.4, 0.5) is 5.69 Å². The first-order chi connectivity index (χ1) is 15.6. The van der Waals surface area contributed by atoms with Crippen molar-refractivity contribution >= 4 is 17.5 Å². The molecule has 0 aromatic heterocycles. The second-order valence-electron chi connectivity index (χ2n) is 8.66. The molecule has 0 spiro atoms. The van der Waals surface area contributed by atoms with Gasteiger partial charge in [-0.05, 0) is 61.2 Å². The minimum Gasteiger partial charge on any atom is -0.490 e. The molecule has 2 aromatic rings. The van der Waals surface area contributed by atoms with Crippen LogP contribution in [-0.2, 0) is 11.2 Å². The van der Waals surface area contributed by atoms with E-state index in [2.05, 4.69) is 5.32 Å². The fourth-order valence-corrected chi connectivity index (χ4v) is 4.38. The van der Waals surface area contributed by atoms with Crippen LogP contribution in [0.5, 0.6) is 11.5 Å². The molecule has 0 saturated heterocycles. The van der Waals surface area contributed by atoms with E-state index in [0.29, 0.717) is 43.3 Å². The molecule has 6 heteroatoms. The first-order valence-corrected chi connectivity index (χ1v) is 11.7. The Bertz CT molecular complexity index is 935. The van der Waals surface area contributed by atoms with Crippen LogP contribution >= 0.6 is 0 Å². The summed E-state index contributed by atoms with van der Waals surface area (Å²) in [5.74, 6) is 1.50. The number of ether oxygens (including phenoxy) is 2. The molecule has 1 aliphatic carbocycles. The fraction of sp³-hybridized carbons (Fsp3) is 0.462. The lowest BCUT2D eigenvalue weighted by Crippen LogP contribution is -2.38. The summed E-state index contributed by atoms with van der Waals surface area (Å²) < 4.78 is 11.4. The molecule has 6 nitrogen and oxygen atoms in total. The highest BCUT2D eigenvalue weighted by Crippen LogP contribution is 2.31. The maximum atomic E-state index is 12.8. The number of anilines is 1. The molecule has 0 unspecified atom stereocenters. The summed E-state index contributed by atoms with van der Waals surface area (Å²) in [4.78, 5) is 27.1. The average Bonchev–Trinajstić information content (AvgIpc) is 3.08. The van der Waals surface area contributed by atoms with Crippen molar-refractivity contribution in [2.24, 2.45) is 0 Å². The van der Waals surface area contributed by atoms with E-state index in [0.717, 1.165) is 36.3 Å². The summed E-state index contributed by atoms with van der Waals surface area (Å²) in [6.45, 7) is 1.31. The summed E-state index contributed by atoms with van der Waals surface area (Å²) in [5, 5.41) is 2.92. The van der Waals surface area contributed by atoms with Crippen LogP contribution < -0.4 is 14.8 Å². The van der Waals surface area contributed by atoms with E-state index in [-0.39, 0.29) is 11.8 Å². The summed E-state index contributed by atoms with van der Waals surface area (Å²) in [6.07, 6.45) is 7.67. The molecule has 2 amide bonds. The SMILES string of the molecule is CN(C(=O)c1ccc(NC(=O)CCc2ccc3c(c2)OCCCO3)cc1)C1CCCCC1. The van der Waals surface area contributed by atoms with Crippen LogP contribution in [0.25, 0.3) is 0 Å². The number of hydrogen-bond donors (Lipinski definition) is 1. The number of carbonyl (C=O) groups is 2. The Balaban J connectivity index is 1.28. The van der Waals surface area contributed by atoms with E-state index in [4.69, 9.17) is 9.47 Å². The molecular formula is C26H32N2O4. The summed E-state index contributed by atoms with van der Waals surface area (Å²) in [6, 6.07) is 13.4. The minimum atomic E-state index is -0.0597. The van der Waals surface area contributed by atoms with Crippen LogP contribution in [0.1, 0.15) is 60.9 Å². The zero-order valence-corrected chi connectivity index (χ0v) is 18.8.